The predicted molar refractivity (Wildman–Crippen MR) is 154 cm³/mol. The number of para-hydroxylation sites is 1. The SMILES string of the molecule is CC1=C[C@H](C)CC(N2[CH-]N([C@H]3C=C(C)C[C@@H](C)C3)CC2)=C1.[CH2-][O+](c1ccccc1[CH]=[Ru]([Cl])[Cl])C(C)C. The second-order valence-corrected chi connectivity index (χ2v) is 16.4. The quantitative estimate of drug-likeness (QED) is 0.141. The fourth-order valence-corrected chi connectivity index (χ4v) is 7.08. The van der Waals surface area contributed by atoms with Crippen molar-refractivity contribution in [3.63, 3.8) is 0 Å². The van der Waals surface area contributed by atoms with Crippen LogP contribution in [-0.2, 0) is 17.9 Å². The molecule has 202 valence electrons. The molecule has 0 radical (unpaired) electrons. The van der Waals surface area contributed by atoms with Crippen molar-refractivity contribution in [1.29, 1.82) is 0 Å². The molecule has 36 heavy (non-hydrogen) atoms. The zero-order valence-electron chi connectivity index (χ0n) is 22.7. The number of benzene rings is 1. The first-order valence-electron chi connectivity index (χ1n) is 12.9. The van der Waals surface area contributed by atoms with E-state index in [1.807, 2.05) is 28.9 Å². The molecule has 1 heterocycles. The molecule has 1 aromatic rings. The van der Waals surface area contributed by atoms with E-state index in [0.29, 0.717) is 12.0 Å². The van der Waals surface area contributed by atoms with Crippen molar-refractivity contribution in [3.8, 4) is 5.75 Å². The molecule has 4 rings (SSSR count). The summed E-state index contributed by atoms with van der Waals surface area (Å²) < 4.78 is 4.74. The van der Waals surface area contributed by atoms with Crippen molar-refractivity contribution in [2.45, 2.75) is 73.0 Å². The third kappa shape index (κ3) is 8.55. The Hall–Kier alpha value is -0.927. The molecule has 0 saturated carbocycles. The molecule has 1 saturated heterocycles. The fourth-order valence-electron chi connectivity index (χ4n) is 5.28. The standard InChI is InChI=1S/C19H29N2.C11H14O.2ClH.Ru/c1-14-7-15(2)10-18(9-14)20-5-6-21(13-20)19-11-16(3)8-17(4)12-19;1-9(2)12(4)11-8-6-5-7-10(11)3;;;/h7,9,11,13,15,17,19H,5-6,8,10,12H2,1-4H3;3,5-9H,4H2,1-2H3;2*1H;/q-1;;;;+2/p-2/t15-,17+,19-;;;;/m0..../s1. The molecule has 0 unspecified atom stereocenters. The molecule has 0 bridgehead atoms. The van der Waals surface area contributed by atoms with Crippen LogP contribution in [0.15, 0.2) is 59.3 Å². The number of halogens is 2. The van der Waals surface area contributed by atoms with E-state index >= 15 is 0 Å². The van der Waals surface area contributed by atoms with Gasteiger partial charge in [0.15, 0.2) is 0 Å². The summed E-state index contributed by atoms with van der Waals surface area (Å²) in [7, 11) is 15.7. The van der Waals surface area contributed by atoms with Gasteiger partial charge in [0.05, 0.1) is 0 Å². The fraction of sp³-hybridized carbons (Fsp3) is 0.500. The van der Waals surface area contributed by atoms with Gasteiger partial charge in [0, 0.05) is 6.04 Å². The Balaban J connectivity index is 0.000000214. The molecular formula is C30H43Cl2N2ORu-. The van der Waals surface area contributed by atoms with Crippen molar-refractivity contribution < 1.29 is 17.9 Å². The van der Waals surface area contributed by atoms with Crippen LogP contribution < -0.4 is 0 Å². The van der Waals surface area contributed by atoms with E-state index in [4.69, 9.17) is 19.4 Å². The van der Waals surface area contributed by atoms with Gasteiger partial charge >= 0.3 is 105 Å². The molecule has 0 aromatic heterocycles. The van der Waals surface area contributed by atoms with Crippen LogP contribution in [0.25, 0.3) is 0 Å². The van der Waals surface area contributed by atoms with Crippen molar-refractivity contribution in [3.05, 3.63) is 78.7 Å². The number of hydrogen-bond donors (Lipinski definition) is 0. The number of hydrogen-bond acceptors (Lipinski definition) is 2. The van der Waals surface area contributed by atoms with Crippen molar-refractivity contribution in [2.24, 2.45) is 11.8 Å². The van der Waals surface area contributed by atoms with E-state index in [2.05, 4.69) is 87.7 Å². The minimum atomic E-state index is -1.79. The van der Waals surface area contributed by atoms with Crippen LogP contribution >= 0.6 is 19.4 Å². The summed E-state index contributed by atoms with van der Waals surface area (Å²) >= 11 is -1.79. The second-order valence-electron chi connectivity index (χ2n) is 10.7. The van der Waals surface area contributed by atoms with Crippen LogP contribution in [0.2, 0.25) is 0 Å². The Bertz CT molecular complexity index is 1010. The van der Waals surface area contributed by atoms with E-state index in [-0.39, 0.29) is 6.10 Å². The Morgan fingerprint density at radius 2 is 1.83 bits per heavy atom. The monoisotopic (exact) mass is 619 g/mol. The second kappa shape index (κ2) is 13.7. The van der Waals surface area contributed by atoms with Crippen molar-refractivity contribution in [2.75, 3.05) is 13.1 Å². The van der Waals surface area contributed by atoms with Gasteiger partial charge in [-0.1, -0.05) is 37.1 Å². The Morgan fingerprint density at radius 1 is 1.11 bits per heavy atom. The van der Waals surface area contributed by atoms with Gasteiger partial charge in [0.25, 0.3) is 0 Å². The van der Waals surface area contributed by atoms with Gasteiger partial charge in [0.1, 0.15) is 0 Å². The average molecular weight is 620 g/mol. The molecule has 1 fully saturated rings. The zero-order chi connectivity index (χ0) is 26.4. The van der Waals surface area contributed by atoms with Crippen LogP contribution in [0, 0.1) is 25.6 Å². The molecule has 6 heteroatoms. The van der Waals surface area contributed by atoms with Crippen molar-refractivity contribution in [1.82, 2.24) is 9.80 Å². The van der Waals surface area contributed by atoms with E-state index in [1.54, 1.807) is 5.57 Å². The van der Waals surface area contributed by atoms with Gasteiger partial charge in [0.2, 0.25) is 0 Å². The third-order valence-electron chi connectivity index (χ3n) is 6.90. The van der Waals surface area contributed by atoms with Gasteiger partial charge in [-0.15, -0.1) is 0 Å². The summed E-state index contributed by atoms with van der Waals surface area (Å²) in [5.41, 5.74) is 5.51. The van der Waals surface area contributed by atoms with Gasteiger partial charge in [-0.05, 0) is 69.8 Å². The van der Waals surface area contributed by atoms with E-state index in [1.165, 1.54) is 30.5 Å². The predicted octanol–water partition coefficient (Wildman–Crippen LogP) is 8.57. The first-order valence-corrected chi connectivity index (χ1v) is 18.4. The molecule has 0 N–H and O–H groups in total. The van der Waals surface area contributed by atoms with E-state index in [0.717, 1.165) is 30.3 Å². The first kappa shape index (κ1) is 29.6. The Kier molecular flexibility index (Phi) is 11.3. The van der Waals surface area contributed by atoms with Crippen LogP contribution in [0.4, 0.5) is 0 Å². The Labute approximate surface area is 233 Å². The number of nitrogens with zero attached hydrogens (tertiary/aromatic N) is 2. The summed E-state index contributed by atoms with van der Waals surface area (Å²) in [6.07, 6.45) is 11.3. The first-order chi connectivity index (χ1) is 17.0. The molecule has 3 aliphatic rings. The van der Waals surface area contributed by atoms with Crippen LogP contribution in [-0.4, -0.2) is 39.6 Å². The average Bonchev–Trinajstić information content (AvgIpc) is 3.28. The summed E-state index contributed by atoms with van der Waals surface area (Å²) in [6.45, 7) is 18.0. The van der Waals surface area contributed by atoms with Gasteiger partial charge < -0.3 is 9.80 Å². The minimum absolute atomic E-state index is 0.269. The molecule has 2 aliphatic carbocycles. The summed E-state index contributed by atoms with van der Waals surface area (Å²) in [5.74, 6) is 2.48. The van der Waals surface area contributed by atoms with E-state index in [9.17, 15) is 0 Å². The summed E-state index contributed by atoms with van der Waals surface area (Å²) in [6, 6.07) is 8.54. The van der Waals surface area contributed by atoms with E-state index < -0.39 is 13.5 Å². The molecule has 0 spiro atoms. The van der Waals surface area contributed by atoms with Gasteiger partial charge in [-0.25, -0.2) is 0 Å². The summed E-state index contributed by atoms with van der Waals surface area (Å²) in [4.78, 5) is 5.04. The van der Waals surface area contributed by atoms with Crippen molar-refractivity contribution >= 4 is 24.0 Å². The summed E-state index contributed by atoms with van der Waals surface area (Å²) in [5, 5.41) is 0. The number of allylic oxidation sites excluding steroid dienone is 5. The van der Waals surface area contributed by atoms with Crippen LogP contribution in [0.3, 0.4) is 0 Å². The molecule has 0 amide bonds. The number of rotatable bonds is 5. The molecule has 3 atom stereocenters. The molecule has 3 nitrogen and oxygen atoms in total. The normalized spacial score (nSPS) is 24.9. The van der Waals surface area contributed by atoms with Gasteiger partial charge in [-0.2, -0.15) is 6.67 Å². The third-order valence-corrected chi connectivity index (χ3v) is 8.74. The topological polar surface area (TPSA) is 9.18 Å². The van der Waals surface area contributed by atoms with Crippen LogP contribution in [0.5, 0.6) is 5.75 Å². The molecule has 1 aromatic carbocycles. The molecule has 1 aliphatic heterocycles. The molecular weight excluding hydrogens is 576 g/mol. The zero-order valence-corrected chi connectivity index (χ0v) is 25.9. The maximum absolute atomic E-state index is 5.87. The van der Waals surface area contributed by atoms with Gasteiger partial charge in [-0.3, -0.25) is 0 Å². The maximum atomic E-state index is 5.87. The van der Waals surface area contributed by atoms with Crippen LogP contribution in [0.1, 0.15) is 66.4 Å². The Morgan fingerprint density at radius 3 is 2.47 bits per heavy atom.